The van der Waals surface area contributed by atoms with E-state index in [2.05, 4.69) is 0 Å². The predicted molar refractivity (Wildman–Crippen MR) is 90.5 cm³/mol. The molecule has 0 aliphatic carbocycles. The van der Waals surface area contributed by atoms with E-state index in [4.69, 9.17) is 8.92 Å². The minimum atomic E-state index is -3.88. The molecule has 6 heteroatoms. The molecule has 1 atom stereocenters. The van der Waals surface area contributed by atoms with E-state index in [0.717, 1.165) is 22.3 Å². The highest BCUT2D eigenvalue weighted by Crippen LogP contribution is 2.40. The van der Waals surface area contributed by atoms with Crippen LogP contribution in [0.5, 0.6) is 5.75 Å². The van der Waals surface area contributed by atoms with Crippen LogP contribution in [0.1, 0.15) is 22.9 Å². The Labute approximate surface area is 141 Å². The molecule has 0 saturated heterocycles. The van der Waals surface area contributed by atoms with Gasteiger partial charge in [-0.05, 0) is 30.2 Å². The molecule has 0 spiro atoms. The minimum Gasteiger partial charge on any atom is -0.370 e. The lowest BCUT2D eigenvalue weighted by molar-refractivity contribution is -0.00526. The molecule has 2 aromatic carbocycles. The number of rotatable bonds is 1. The van der Waals surface area contributed by atoms with Gasteiger partial charge in [0.25, 0.3) is 0 Å². The van der Waals surface area contributed by atoms with Crippen LogP contribution in [0.2, 0.25) is 0 Å². The third kappa shape index (κ3) is 2.62. The van der Waals surface area contributed by atoms with Gasteiger partial charge < -0.3 is 8.92 Å². The van der Waals surface area contributed by atoms with Gasteiger partial charge in [-0.1, -0.05) is 48.0 Å². The normalized spacial score (nSPS) is 22.5. The topological polar surface area (TPSA) is 55.8 Å². The van der Waals surface area contributed by atoms with Crippen molar-refractivity contribution in [1.29, 1.82) is 0 Å². The SMILES string of the molecule is Cc1ccc2c(c1)[C@H]1OCC(c3ccccc3)=CCN1S(=O)(=O)O2. The van der Waals surface area contributed by atoms with Gasteiger partial charge in [0.15, 0.2) is 12.0 Å². The Balaban J connectivity index is 1.75. The van der Waals surface area contributed by atoms with Crippen LogP contribution >= 0.6 is 0 Å². The summed E-state index contributed by atoms with van der Waals surface area (Å²) in [4.78, 5) is 0. The summed E-state index contributed by atoms with van der Waals surface area (Å²) in [5.74, 6) is 0.338. The van der Waals surface area contributed by atoms with Crippen LogP contribution in [0.25, 0.3) is 5.57 Å². The lowest BCUT2D eigenvalue weighted by Crippen LogP contribution is -2.42. The van der Waals surface area contributed by atoms with E-state index in [-0.39, 0.29) is 6.54 Å². The van der Waals surface area contributed by atoms with Crippen LogP contribution in [0.15, 0.2) is 54.6 Å². The summed E-state index contributed by atoms with van der Waals surface area (Å²) in [6.45, 7) is 2.51. The molecule has 0 aromatic heterocycles. The summed E-state index contributed by atoms with van der Waals surface area (Å²) in [6, 6.07) is 15.2. The molecule has 5 nitrogen and oxygen atoms in total. The maximum atomic E-state index is 12.5. The second kappa shape index (κ2) is 5.73. The molecule has 0 amide bonds. The first-order valence-corrected chi connectivity index (χ1v) is 9.09. The summed E-state index contributed by atoms with van der Waals surface area (Å²) < 4.78 is 37.4. The van der Waals surface area contributed by atoms with Gasteiger partial charge in [-0.2, -0.15) is 8.42 Å². The molecular weight excluding hydrogens is 326 g/mol. The lowest BCUT2D eigenvalue weighted by Gasteiger charge is -2.33. The average Bonchev–Trinajstić information content (AvgIpc) is 2.80. The zero-order valence-electron chi connectivity index (χ0n) is 13.2. The van der Waals surface area contributed by atoms with Crippen molar-refractivity contribution in [3.8, 4) is 5.75 Å². The summed E-state index contributed by atoms with van der Waals surface area (Å²) in [5.41, 5.74) is 3.77. The second-order valence-corrected chi connectivity index (χ2v) is 7.40. The van der Waals surface area contributed by atoms with Crippen molar-refractivity contribution >= 4 is 15.9 Å². The summed E-state index contributed by atoms with van der Waals surface area (Å²) in [6.07, 6.45) is 1.22. The van der Waals surface area contributed by atoms with Gasteiger partial charge in [0.05, 0.1) is 6.61 Å². The first kappa shape index (κ1) is 15.4. The van der Waals surface area contributed by atoms with Crippen LogP contribution < -0.4 is 4.18 Å². The van der Waals surface area contributed by atoms with Gasteiger partial charge in [-0.15, -0.1) is 4.31 Å². The zero-order valence-corrected chi connectivity index (χ0v) is 14.0. The Morgan fingerprint density at radius 2 is 1.92 bits per heavy atom. The third-order valence-electron chi connectivity index (χ3n) is 4.23. The van der Waals surface area contributed by atoms with Crippen molar-refractivity contribution in [3.63, 3.8) is 0 Å². The van der Waals surface area contributed by atoms with Crippen molar-refractivity contribution in [2.24, 2.45) is 0 Å². The van der Waals surface area contributed by atoms with Gasteiger partial charge in [0.1, 0.15) is 0 Å². The fourth-order valence-corrected chi connectivity index (χ4v) is 4.15. The first-order chi connectivity index (χ1) is 11.5. The van der Waals surface area contributed by atoms with Crippen LogP contribution in [-0.4, -0.2) is 25.9 Å². The summed E-state index contributed by atoms with van der Waals surface area (Å²) >= 11 is 0. The van der Waals surface area contributed by atoms with E-state index < -0.39 is 16.5 Å². The van der Waals surface area contributed by atoms with E-state index in [1.54, 1.807) is 6.07 Å². The first-order valence-electron chi connectivity index (χ1n) is 7.72. The Kier molecular flexibility index (Phi) is 3.68. The Hall–Kier alpha value is -2.15. The number of ether oxygens (including phenoxy) is 1. The fourth-order valence-electron chi connectivity index (χ4n) is 3.01. The van der Waals surface area contributed by atoms with Gasteiger partial charge in [-0.3, -0.25) is 0 Å². The number of aryl methyl sites for hydroxylation is 1. The maximum Gasteiger partial charge on any atom is 0.387 e. The largest absolute Gasteiger partial charge is 0.387 e. The second-order valence-electron chi connectivity index (χ2n) is 5.91. The van der Waals surface area contributed by atoms with Crippen LogP contribution in [0.4, 0.5) is 0 Å². The van der Waals surface area contributed by atoms with Crippen LogP contribution in [0.3, 0.4) is 0 Å². The Morgan fingerprint density at radius 3 is 2.71 bits per heavy atom. The zero-order chi connectivity index (χ0) is 16.7. The molecule has 24 heavy (non-hydrogen) atoms. The molecule has 0 N–H and O–H groups in total. The van der Waals surface area contributed by atoms with E-state index >= 15 is 0 Å². The van der Waals surface area contributed by atoms with E-state index in [1.807, 2.05) is 55.5 Å². The molecule has 0 saturated carbocycles. The molecule has 124 valence electrons. The molecule has 2 aliphatic heterocycles. The van der Waals surface area contributed by atoms with Gasteiger partial charge in [0.2, 0.25) is 0 Å². The van der Waals surface area contributed by atoms with Crippen LogP contribution in [-0.2, 0) is 15.0 Å². The monoisotopic (exact) mass is 343 g/mol. The molecule has 0 radical (unpaired) electrons. The Morgan fingerprint density at radius 1 is 1.12 bits per heavy atom. The highest BCUT2D eigenvalue weighted by molar-refractivity contribution is 7.84. The molecule has 2 aliphatic rings. The maximum absolute atomic E-state index is 12.5. The van der Waals surface area contributed by atoms with Crippen molar-refractivity contribution in [2.75, 3.05) is 13.2 Å². The average molecular weight is 343 g/mol. The molecule has 0 fully saturated rings. The molecule has 0 bridgehead atoms. The van der Waals surface area contributed by atoms with E-state index in [9.17, 15) is 8.42 Å². The Bertz CT molecular complexity index is 906. The van der Waals surface area contributed by atoms with E-state index in [0.29, 0.717) is 12.4 Å². The smallest absolute Gasteiger partial charge is 0.370 e. The van der Waals surface area contributed by atoms with Crippen molar-refractivity contribution in [3.05, 3.63) is 71.3 Å². The third-order valence-corrected chi connectivity index (χ3v) is 5.54. The van der Waals surface area contributed by atoms with Gasteiger partial charge in [0, 0.05) is 12.1 Å². The lowest BCUT2D eigenvalue weighted by atomic mass is 10.1. The van der Waals surface area contributed by atoms with E-state index in [1.165, 1.54) is 4.31 Å². The fraction of sp³-hybridized carbons (Fsp3) is 0.222. The number of hydrogen-bond donors (Lipinski definition) is 0. The number of nitrogens with zero attached hydrogens (tertiary/aromatic N) is 1. The van der Waals surface area contributed by atoms with Crippen molar-refractivity contribution in [2.45, 2.75) is 13.2 Å². The molecule has 2 heterocycles. The minimum absolute atomic E-state index is 0.213. The van der Waals surface area contributed by atoms with Crippen molar-refractivity contribution in [1.82, 2.24) is 4.31 Å². The van der Waals surface area contributed by atoms with Crippen molar-refractivity contribution < 1.29 is 17.3 Å². The quantitative estimate of drug-likeness (QED) is 0.799. The number of fused-ring (bicyclic) bond motifs is 3. The standard InChI is InChI=1S/C18H17NO4S/c1-13-7-8-17-16(11-13)18-19(24(20,21)23-17)10-9-15(12-22-18)14-5-3-2-4-6-14/h2-9,11,18H,10,12H2,1H3/t18-/m1/s1. The number of benzene rings is 2. The predicted octanol–water partition coefficient (Wildman–Crippen LogP) is 3.05. The molecular formula is C18H17NO4S. The summed E-state index contributed by atoms with van der Waals surface area (Å²) in [7, 11) is -3.88. The molecule has 0 unspecified atom stereocenters. The highest BCUT2D eigenvalue weighted by Gasteiger charge is 2.41. The molecule has 2 aromatic rings. The highest BCUT2D eigenvalue weighted by atomic mass is 32.2. The molecule has 4 rings (SSSR count). The van der Waals surface area contributed by atoms with Crippen LogP contribution in [0, 0.1) is 6.92 Å². The summed E-state index contributed by atoms with van der Waals surface area (Å²) in [5, 5.41) is 0. The van der Waals surface area contributed by atoms with Gasteiger partial charge in [-0.25, -0.2) is 0 Å². The van der Waals surface area contributed by atoms with Gasteiger partial charge >= 0.3 is 10.3 Å². The number of hydrogen-bond acceptors (Lipinski definition) is 4.